The lowest BCUT2D eigenvalue weighted by Crippen LogP contribution is -2.19. The first-order valence-corrected chi connectivity index (χ1v) is 5.89. The van der Waals surface area contributed by atoms with Crippen molar-refractivity contribution < 1.29 is 14.7 Å². The van der Waals surface area contributed by atoms with Crippen LogP contribution >= 0.6 is 11.6 Å². The first kappa shape index (κ1) is 14.5. The van der Waals surface area contributed by atoms with Gasteiger partial charge in [0, 0.05) is 12.1 Å². The molecule has 18 heavy (non-hydrogen) atoms. The molecule has 1 aromatic carbocycles. The Kier molecular flexibility index (Phi) is 4.35. The number of carboxylic acid groups (broad SMARTS) is 1. The van der Waals surface area contributed by atoms with E-state index in [1.165, 1.54) is 18.2 Å². The fourth-order valence-corrected chi connectivity index (χ4v) is 1.71. The number of benzene rings is 1. The molecule has 1 amide bonds. The SMILES string of the molecule is CC(C)(C)CC(=O)Nc1ccc(C(=O)O)c(Cl)c1. The fourth-order valence-electron chi connectivity index (χ4n) is 1.45. The number of carbonyl (C=O) groups is 2. The fraction of sp³-hybridized carbons (Fsp3) is 0.385. The van der Waals surface area contributed by atoms with Gasteiger partial charge in [0.2, 0.25) is 5.91 Å². The molecule has 5 heteroatoms. The summed E-state index contributed by atoms with van der Waals surface area (Å²) >= 11 is 5.81. The maximum Gasteiger partial charge on any atom is 0.337 e. The average molecular weight is 270 g/mol. The molecule has 0 aliphatic heterocycles. The molecule has 0 aliphatic rings. The maximum atomic E-state index is 11.7. The van der Waals surface area contributed by atoms with Crippen LogP contribution in [-0.2, 0) is 4.79 Å². The Morgan fingerprint density at radius 1 is 1.33 bits per heavy atom. The zero-order valence-corrected chi connectivity index (χ0v) is 11.3. The third-order valence-corrected chi connectivity index (χ3v) is 2.49. The van der Waals surface area contributed by atoms with Crippen LogP contribution in [-0.4, -0.2) is 17.0 Å². The summed E-state index contributed by atoms with van der Waals surface area (Å²) in [4.78, 5) is 22.5. The summed E-state index contributed by atoms with van der Waals surface area (Å²) in [6, 6.07) is 4.33. The van der Waals surface area contributed by atoms with E-state index in [4.69, 9.17) is 16.7 Å². The summed E-state index contributed by atoms with van der Waals surface area (Å²) in [7, 11) is 0. The topological polar surface area (TPSA) is 66.4 Å². The molecule has 0 saturated carbocycles. The molecular weight excluding hydrogens is 254 g/mol. The number of rotatable bonds is 3. The molecule has 4 nitrogen and oxygen atoms in total. The Labute approximate surface area is 111 Å². The van der Waals surface area contributed by atoms with Gasteiger partial charge in [0.15, 0.2) is 0 Å². The van der Waals surface area contributed by atoms with Crippen molar-refractivity contribution in [2.24, 2.45) is 5.41 Å². The van der Waals surface area contributed by atoms with E-state index in [-0.39, 0.29) is 21.9 Å². The maximum absolute atomic E-state index is 11.7. The smallest absolute Gasteiger partial charge is 0.337 e. The van der Waals surface area contributed by atoms with Crippen LogP contribution in [0.3, 0.4) is 0 Å². The van der Waals surface area contributed by atoms with Crippen LogP contribution in [0, 0.1) is 5.41 Å². The molecule has 1 aromatic rings. The Balaban J connectivity index is 2.78. The third-order valence-electron chi connectivity index (χ3n) is 2.17. The summed E-state index contributed by atoms with van der Waals surface area (Å²) in [5, 5.41) is 11.6. The highest BCUT2D eigenvalue weighted by Gasteiger charge is 2.16. The van der Waals surface area contributed by atoms with E-state index in [2.05, 4.69) is 5.32 Å². The molecule has 0 aliphatic carbocycles. The molecule has 0 heterocycles. The second-order valence-corrected chi connectivity index (χ2v) is 5.69. The van der Waals surface area contributed by atoms with Crippen LogP contribution in [0.4, 0.5) is 5.69 Å². The summed E-state index contributed by atoms with van der Waals surface area (Å²) in [6.07, 6.45) is 0.380. The van der Waals surface area contributed by atoms with Gasteiger partial charge in [-0.15, -0.1) is 0 Å². The number of carboxylic acids is 1. The molecule has 0 fully saturated rings. The summed E-state index contributed by atoms with van der Waals surface area (Å²) in [5.74, 6) is -1.21. The van der Waals surface area contributed by atoms with Gasteiger partial charge in [-0.05, 0) is 23.6 Å². The monoisotopic (exact) mass is 269 g/mol. The van der Waals surface area contributed by atoms with E-state index < -0.39 is 5.97 Å². The number of nitrogens with one attached hydrogen (secondary N) is 1. The molecule has 0 atom stereocenters. The van der Waals surface area contributed by atoms with Crippen molar-refractivity contribution in [1.82, 2.24) is 0 Å². The Bertz CT molecular complexity index is 478. The molecule has 0 spiro atoms. The van der Waals surface area contributed by atoms with Gasteiger partial charge in [-0.25, -0.2) is 4.79 Å². The molecule has 98 valence electrons. The zero-order chi connectivity index (χ0) is 13.9. The Morgan fingerprint density at radius 3 is 2.39 bits per heavy atom. The van der Waals surface area contributed by atoms with Crippen molar-refractivity contribution in [3.8, 4) is 0 Å². The molecule has 1 rings (SSSR count). The van der Waals surface area contributed by atoms with E-state index in [0.717, 1.165) is 0 Å². The standard InChI is InChI=1S/C13H16ClNO3/c1-13(2,3)7-11(16)15-8-4-5-9(12(17)18)10(14)6-8/h4-6H,7H2,1-3H3,(H,15,16)(H,17,18). The molecule has 0 bridgehead atoms. The van der Waals surface area contributed by atoms with Crippen molar-refractivity contribution in [3.05, 3.63) is 28.8 Å². The summed E-state index contributed by atoms with van der Waals surface area (Å²) in [6.45, 7) is 5.90. The van der Waals surface area contributed by atoms with Crippen LogP contribution in [0.1, 0.15) is 37.6 Å². The van der Waals surface area contributed by atoms with Crippen molar-refractivity contribution in [2.75, 3.05) is 5.32 Å². The predicted molar refractivity (Wildman–Crippen MR) is 71.1 cm³/mol. The molecule has 2 N–H and O–H groups in total. The van der Waals surface area contributed by atoms with E-state index in [1.54, 1.807) is 0 Å². The highest BCUT2D eigenvalue weighted by Crippen LogP contribution is 2.23. The first-order chi connectivity index (χ1) is 8.19. The van der Waals surface area contributed by atoms with Gasteiger partial charge in [0.1, 0.15) is 0 Å². The average Bonchev–Trinajstić information content (AvgIpc) is 2.13. The van der Waals surface area contributed by atoms with Crippen molar-refractivity contribution in [3.63, 3.8) is 0 Å². The largest absolute Gasteiger partial charge is 0.478 e. The van der Waals surface area contributed by atoms with E-state index in [1.807, 2.05) is 20.8 Å². The molecule has 0 aromatic heterocycles. The molecule has 0 unspecified atom stereocenters. The van der Waals surface area contributed by atoms with Crippen LogP contribution in [0.2, 0.25) is 5.02 Å². The quantitative estimate of drug-likeness (QED) is 0.884. The van der Waals surface area contributed by atoms with Gasteiger partial charge in [0.25, 0.3) is 0 Å². The van der Waals surface area contributed by atoms with E-state index in [0.29, 0.717) is 12.1 Å². The van der Waals surface area contributed by atoms with Gasteiger partial charge in [-0.2, -0.15) is 0 Å². The highest BCUT2D eigenvalue weighted by atomic mass is 35.5. The summed E-state index contributed by atoms with van der Waals surface area (Å²) < 4.78 is 0. The van der Waals surface area contributed by atoms with Gasteiger partial charge in [-0.3, -0.25) is 4.79 Å². The molecule has 0 radical (unpaired) electrons. The van der Waals surface area contributed by atoms with Gasteiger partial charge in [0.05, 0.1) is 10.6 Å². The minimum atomic E-state index is -1.09. The van der Waals surface area contributed by atoms with Crippen molar-refractivity contribution in [2.45, 2.75) is 27.2 Å². The normalized spacial score (nSPS) is 11.1. The summed E-state index contributed by atoms with van der Waals surface area (Å²) in [5.41, 5.74) is 0.416. The molecular formula is C13H16ClNO3. The lowest BCUT2D eigenvalue weighted by molar-refractivity contribution is -0.117. The minimum Gasteiger partial charge on any atom is -0.478 e. The second-order valence-electron chi connectivity index (χ2n) is 5.29. The number of hydrogen-bond acceptors (Lipinski definition) is 2. The highest BCUT2D eigenvalue weighted by molar-refractivity contribution is 6.33. The van der Waals surface area contributed by atoms with Gasteiger partial charge in [-0.1, -0.05) is 32.4 Å². The van der Waals surface area contributed by atoms with Crippen LogP contribution < -0.4 is 5.32 Å². The molecule has 0 saturated heterocycles. The number of amides is 1. The lowest BCUT2D eigenvalue weighted by atomic mass is 9.92. The van der Waals surface area contributed by atoms with E-state index in [9.17, 15) is 9.59 Å². The second kappa shape index (κ2) is 5.40. The van der Waals surface area contributed by atoms with Crippen molar-refractivity contribution >= 4 is 29.2 Å². The van der Waals surface area contributed by atoms with Gasteiger partial charge >= 0.3 is 5.97 Å². The third kappa shape index (κ3) is 4.37. The number of hydrogen-bond donors (Lipinski definition) is 2. The van der Waals surface area contributed by atoms with Crippen LogP contribution in [0.25, 0.3) is 0 Å². The Hall–Kier alpha value is -1.55. The van der Waals surface area contributed by atoms with Crippen LogP contribution in [0.5, 0.6) is 0 Å². The van der Waals surface area contributed by atoms with Gasteiger partial charge < -0.3 is 10.4 Å². The number of anilines is 1. The Morgan fingerprint density at radius 2 is 1.94 bits per heavy atom. The number of aromatic carboxylic acids is 1. The first-order valence-electron chi connectivity index (χ1n) is 5.52. The number of halogens is 1. The minimum absolute atomic E-state index is 0.0190. The van der Waals surface area contributed by atoms with E-state index >= 15 is 0 Å². The number of carbonyl (C=O) groups excluding carboxylic acids is 1. The van der Waals surface area contributed by atoms with Crippen molar-refractivity contribution in [1.29, 1.82) is 0 Å². The predicted octanol–water partition coefficient (Wildman–Crippen LogP) is 3.41. The lowest BCUT2D eigenvalue weighted by Gasteiger charge is -2.17. The zero-order valence-electron chi connectivity index (χ0n) is 10.6. The van der Waals surface area contributed by atoms with Crippen LogP contribution in [0.15, 0.2) is 18.2 Å².